The number of anilines is 1. The fourth-order valence-electron chi connectivity index (χ4n) is 2.51. The highest BCUT2D eigenvalue weighted by molar-refractivity contribution is 5.92. The molecule has 0 aliphatic carbocycles. The molecule has 0 radical (unpaired) electrons. The summed E-state index contributed by atoms with van der Waals surface area (Å²) in [6.07, 6.45) is 0. The number of carbonyl (C=O) groups excluding carboxylic acids is 1. The Morgan fingerprint density at radius 3 is 2.68 bits per heavy atom. The van der Waals surface area contributed by atoms with Gasteiger partial charge in [0.15, 0.2) is 0 Å². The average molecular weight is 381 g/mol. The number of amides is 1. The van der Waals surface area contributed by atoms with Gasteiger partial charge in [-0.2, -0.15) is 15.0 Å². The van der Waals surface area contributed by atoms with E-state index in [1.807, 2.05) is 0 Å². The topological polar surface area (TPSA) is 114 Å². The number of para-hydroxylation sites is 1. The maximum absolute atomic E-state index is 14.2. The molecule has 3 N–H and O–H groups in total. The summed E-state index contributed by atoms with van der Waals surface area (Å²) in [6.45, 7) is -0.259. The Morgan fingerprint density at radius 2 is 1.96 bits per heavy atom. The number of hydrogen-bond acceptors (Lipinski definition) is 5. The zero-order valence-corrected chi connectivity index (χ0v) is 14.3. The molecule has 3 aromatic rings. The molecule has 7 nitrogen and oxygen atoms in total. The quantitative estimate of drug-likeness (QED) is 0.670. The molecule has 0 spiro atoms. The number of benzene rings is 2. The van der Waals surface area contributed by atoms with Gasteiger partial charge in [-0.25, -0.2) is 8.78 Å². The molecule has 9 heteroatoms. The van der Waals surface area contributed by atoms with Gasteiger partial charge in [-0.1, -0.05) is 12.1 Å². The molecule has 0 fully saturated rings. The highest BCUT2D eigenvalue weighted by Gasteiger charge is 2.15. The van der Waals surface area contributed by atoms with E-state index >= 15 is 0 Å². The number of halogens is 2. The number of nitrogens with one attached hydrogen (secondary N) is 1. The molecule has 1 amide bonds. The number of nitrogens with two attached hydrogens (primary N) is 1. The molecule has 1 aromatic heterocycles. The van der Waals surface area contributed by atoms with Crippen molar-refractivity contribution >= 4 is 11.6 Å². The first kappa shape index (κ1) is 18.7. The first-order chi connectivity index (χ1) is 13.4. The molecule has 28 heavy (non-hydrogen) atoms. The van der Waals surface area contributed by atoms with E-state index in [4.69, 9.17) is 11.0 Å². The van der Waals surface area contributed by atoms with Crippen molar-refractivity contribution in [1.29, 1.82) is 5.26 Å². The minimum atomic E-state index is -0.790. The second-order valence-corrected chi connectivity index (χ2v) is 5.76. The number of nitrogens with zero attached hydrogens (tertiary/aromatic N) is 3. The predicted molar refractivity (Wildman–Crippen MR) is 96.5 cm³/mol. The van der Waals surface area contributed by atoms with Gasteiger partial charge in [0.2, 0.25) is 0 Å². The molecular weight excluding hydrogens is 368 g/mol. The van der Waals surface area contributed by atoms with Gasteiger partial charge in [-0.3, -0.25) is 9.59 Å². The highest BCUT2D eigenvalue weighted by atomic mass is 19.1. The Labute approximate surface area is 157 Å². The Balaban J connectivity index is 1.86. The smallest absolute Gasteiger partial charge is 0.272 e. The number of carbonyl (C=O) groups is 1. The van der Waals surface area contributed by atoms with Crippen molar-refractivity contribution in [2.45, 2.75) is 6.54 Å². The van der Waals surface area contributed by atoms with Crippen molar-refractivity contribution in [2.75, 3.05) is 5.73 Å². The SMILES string of the molecule is N#Cc1cc(N)cc(CNC(=O)c2ccc(=O)n(-c3ccccc3F)n2)c1F. The largest absolute Gasteiger partial charge is 0.399 e. The monoisotopic (exact) mass is 381 g/mol. The van der Waals surface area contributed by atoms with Crippen molar-refractivity contribution in [3.05, 3.63) is 87.3 Å². The second-order valence-electron chi connectivity index (χ2n) is 5.76. The molecule has 2 aromatic carbocycles. The van der Waals surface area contributed by atoms with Crippen LogP contribution in [-0.4, -0.2) is 15.7 Å². The zero-order chi connectivity index (χ0) is 20.3. The van der Waals surface area contributed by atoms with Crippen LogP contribution in [0.25, 0.3) is 5.69 Å². The van der Waals surface area contributed by atoms with Crippen molar-refractivity contribution in [2.24, 2.45) is 0 Å². The summed E-state index contributed by atoms with van der Waals surface area (Å²) in [7, 11) is 0. The van der Waals surface area contributed by atoms with Crippen LogP contribution in [0, 0.1) is 23.0 Å². The van der Waals surface area contributed by atoms with Crippen LogP contribution in [0.1, 0.15) is 21.6 Å². The van der Waals surface area contributed by atoms with Crippen molar-refractivity contribution in [3.63, 3.8) is 0 Å². The van der Waals surface area contributed by atoms with E-state index in [1.165, 1.54) is 36.4 Å². The predicted octanol–water partition coefficient (Wildman–Crippen LogP) is 1.89. The number of hydrogen-bond donors (Lipinski definition) is 2. The standard InChI is InChI=1S/C19H13F2N5O2/c20-14-3-1-2-4-16(14)26-17(27)6-5-15(25-26)19(28)24-10-12-8-13(23)7-11(9-22)18(12)21/h1-8H,10,23H2,(H,24,28). The third-order valence-electron chi connectivity index (χ3n) is 3.84. The van der Waals surface area contributed by atoms with Crippen LogP contribution in [0.5, 0.6) is 0 Å². The van der Waals surface area contributed by atoms with Crippen molar-refractivity contribution in [3.8, 4) is 11.8 Å². The minimum Gasteiger partial charge on any atom is -0.399 e. The summed E-state index contributed by atoms with van der Waals surface area (Å²) < 4.78 is 28.9. The summed E-state index contributed by atoms with van der Waals surface area (Å²) in [5.74, 6) is -2.19. The fraction of sp³-hybridized carbons (Fsp3) is 0.0526. The molecule has 0 unspecified atom stereocenters. The Hall–Kier alpha value is -4.06. The summed E-state index contributed by atoms with van der Waals surface area (Å²) in [5, 5.41) is 15.2. The molecule has 0 atom stereocenters. The van der Waals surface area contributed by atoms with Crippen LogP contribution in [0.3, 0.4) is 0 Å². The summed E-state index contributed by atoms with van der Waals surface area (Å²) >= 11 is 0. The average Bonchev–Trinajstić information content (AvgIpc) is 2.69. The maximum atomic E-state index is 14.2. The zero-order valence-electron chi connectivity index (χ0n) is 14.3. The lowest BCUT2D eigenvalue weighted by molar-refractivity contribution is 0.0943. The molecule has 0 bridgehead atoms. The Kier molecular flexibility index (Phi) is 5.13. The van der Waals surface area contributed by atoms with Crippen LogP contribution in [0.4, 0.5) is 14.5 Å². The van der Waals surface area contributed by atoms with Crippen LogP contribution in [0.15, 0.2) is 53.3 Å². The maximum Gasteiger partial charge on any atom is 0.272 e. The van der Waals surface area contributed by atoms with Gasteiger partial charge in [-0.15, -0.1) is 0 Å². The highest BCUT2D eigenvalue weighted by Crippen LogP contribution is 2.17. The number of nitriles is 1. The lowest BCUT2D eigenvalue weighted by Gasteiger charge is -2.10. The van der Waals surface area contributed by atoms with E-state index in [1.54, 1.807) is 6.07 Å². The fourth-order valence-corrected chi connectivity index (χ4v) is 2.51. The molecule has 1 heterocycles. The molecule has 3 rings (SSSR count). The summed E-state index contributed by atoms with van der Waals surface area (Å²) in [4.78, 5) is 24.3. The van der Waals surface area contributed by atoms with Gasteiger partial charge < -0.3 is 11.1 Å². The molecular formula is C19H13F2N5O2. The summed E-state index contributed by atoms with van der Waals surface area (Å²) in [6, 6.07) is 11.9. The first-order valence-corrected chi connectivity index (χ1v) is 8.02. The first-order valence-electron chi connectivity index (χ1n) is 8.02. The lowest BCUT2D eigenvalue weighted by Crippen LogP contribution is -2.29. The van der Waals surface area contributed by atoms with Gasteiger partial charge in [-0.05, 0) is 30.3 Å². The van der Waals surface area contributed by atoms with Crippen molar-refractivity contribution in [1.82, 2.24) is 15.1 Å². The normalized spacial score (nSPS) is 10.3. The van der Waals surface area contributed by atoms with Gasteiger partial charge in [0, 0.05) is 23.9 Å². The van der Waals surface area contributed by atoms with Crippen molar-refractivity contribution < 1.29 is 13.6 Å². The van der Waals surface area contributed by atoms with E-state index < -0.39 is 23.1 Å². The van der Waals surface area contributed by atoms with Crippen LogP contribution in [0.2, 0.25) is 0 Å². The third kappa shape index (κ3) is 3.71. The minimum absolute atomic E-state index is 0.0207. The van der Waals surface area contributed by atoms with Gasteiger partial charge in [0.05, 0.1) is 5.56 Å². The molecule has 0 aliphatic rings. The van der Waals surface area contributed by atoms with Gasteiger partial charge in [0.1, 0.15) is 29.1 Å². The van der Waals surface area contributed by atoms with E-state index in [0.717, 1.165) is 16.8 Å². The number of nitrogen functional groups attached to an aromatic ring is 1. The molecule has 140 valence electrons. The van der Waals surface area contributed by atoms with E-state index in [0.29, 0.717) is 0 Å². The van der Waals surface area contributed by atoms with E-state index in [9.17, 15) is 18.4 Å². The van der Waals surface area contributed by atoms with Crippen LogP contribution >= 0.6 is 0 Å². The number of rotatable bonds is 4. The van der Waals surface area contributed by atoms with Gasteiger partial charge >= 0.3 is 0 Å². The Bertz CT molecular complexity index is 1170. The second kappa shape index (κ2) is 7.67. The van der Waals surface area contributed by atoms with Gasteiger partial charge in [0.25, 0.3) is 11.5 Å². The van der Waals surface area contributed by atoms with E-state index in [2.05, 4.69) is 10.4 Å². The molecule has 0 saturated heterocycles. The van der Waals surface area contributed by atoms with Crippen LogP contribution in [-0.2, 0) is 6.54 Å². The third-order valence-corrected chi connectivity index (χ3v) is 3.84. The molecule has 0 saturated carbocycles. The summed E-state index contributed by atoms with van der Waals surface area (Å²) in [5.41, 5.74) is 4.67. The Morgan fingerprint density at radius 1 is 1.21 bits per heavy atom. The lowest BCUT2D eigenvalue weighted by atomic mass is 10.1. The molecule has 0 aliphatic heterocycles. The van der Waals surface area contributed by atoms with Crippen LogP contribution < -0.4 is 16.6 Å². The van der Waals surface area contributed by atoms with E-state index in [-0.39, 0.29) is 34.7 Å². The number of aromatic nitrogens is 2.